The Morgan fingerprint density at radius 3 is 1.80 bits per heavy atom. The van der Waals surface area contributed by atoms with Crippen LogP contribution in [0.15, 0.2) is 34.3 Å². The van der Waals surface area contributed by atoms with E-state index in [2.05, 4.69) is 79.8 Å². The first-order valence-electron chi connectivity index (χ1n) is 16.1. The second-order valence-electron chi connectivity index (χ2n) is 15.7. The van der Waals surface area contributed by atoms with Crippen molar-refractivity contribution in [2.75, 3.05) is 13.2 Å². The SMILES string of the molecule is CC(C)(C)c1cc(C=N[C@@H]2CCCC[C@H]2N=Cc2cc(CC(=O)NCC3CO3)cc(C(C)(C)C)c2O)c(O)c(C(C)(C)C)c1. The van der Waals surface area contributed by atoms with Gasteiger partial charge in [-0.15, -0.1) is 0 Å². The summed E-state index contributed by atoms with van der Waals surface area (Å²) in [5, 5.41) is 25.5. The van der Waals surface area contributed by atoms with E-state index >= 15 is 0 Å². The molecule has 1 unspecified atom stereocenters. The molecule has 0 spiro atoms. The molecule has 2 fully saturated rings. The molecule has 1 heterocycles. The molecule has 240 valence electrons. The van der Waals surface area contributed by atoms with Gasteiger partial charge in [0.1, 0.15) is 11.5 Å². The Bertz CT molecular complexity index is 1400. The lowest BCUT2D eigenvalue weighted by molar-refractivity contribution is -0.120. The van der Waals surface area contributed by atoms with Crippen molar-refractivity contribution in [3.8, 4) is 11.5 Å². The van der Waals surface area contributed by atoms with Crippen LogP contribution in [0.4, 0.5) is 0 Å². The predicted molar refractivity (Wildman–Crippen MR) is 180 cm³/mol. The summed E-state index contributed by atoms with van der Waals surface area (Å²) in [4.78, 5) is 22.6. The first-order valence-corrected chi connectivity index (χ1v) is 16.1. The van der Waals surface area contributed by atoms with Crippen molar-refractivity contribution in [1.82, 2.24) is 5.32 Å². The van der Waals surface area contributed by atoms with Gasteiger partial charge in [0.15, 0.2) is 0 Å². The number of aliphatic imine (C=N–C) groups is 2. The highest BCUT2D eigenvalue weighted by molar-refractivity contribution is 5.87. The number of nitrogens with one attached hydrogen (secondary N) is 1. The summed E-state index contributed by atoms with van der Waals surface area (Å²) in [6.07, 6.45) is 7.90. The van der Waals surface area contributed by atoms with Crippen LogP contribution in [-0.4, -0.2) is 59.9 Å². The summed E-state index contributed by atoms with van der Waals surface area (Å²) >= 11 is 0. The van der Waals surface area contributed by atoms with Crippen molar-refractivity contribution in [2.24, 2.45) is 9.98 Å². The first-order chi connectivity index (χ1) is 20.4. The van der Waals surface area contributed by atoms with Crippen LogP contribution in [-0.2, 0) is 32.2 Å². The maximum Gasteiger partial charge on any atom is 0.224 e. The van der Waals surface area contributed by atoms with Gasteiger partial charge in [-0.2, -0.15) is 0 Å². The fourth-order valence-corrected chi connectivity index (χ4v) is 5.70. The average Bonchev–Trinajstić information content (AvgIpc) is 3.74. The quantitative estimate of drug-likeness (QED) is 0.225. The van der Waals surface area contributed by atoms with Crippen LogP contribution in [0.2, 0.25) is 0 Å². The maximum atomic E-state index is 12.6. The second-order valence-corrected chi connectivity index (χ2v) is 15.7. The van der Waals surface area contributed by atoms with Crippen molar-refractivity contribution < 1.29 is 19.7 Å². The Labute approximate surface area is 264 Å². The van der Waals surface area contributed by atoms with Gasteiger partial charge in [0.05, 0.1) is 31.2 Å². The highest BCUT2D eigenvalue weighted by Gasteiger charge is 2.28. The first kappa shape index (κ1) is 33.7. The van der Waals surface area contributed by atoms with Crippen LogP contribution in [0.5, 0.6) is 11.5 Å². The molecule has 7 heteroatoms. The minimum atomic E-state index is -0.311. The van der Waals surface area contributed by atoms with Crippen LogP contribution in [0.3, 0.4) is 0 Å². The molecule has 2 aromatic carbocycles. The summed E-state index contributed by atoms with van der Waals surface area (Å²) in [7, 11) is 0. The number of benzene rings is 2. The number of carbonyl (C=O) groups is 1. The van der Waals surface area contributed by atoms with Gasteiger partial charge in [0, 0.05) is 41.2 Å². The molecule has 4 rings (SSSR count). The number of carbonyl (C=O) groups excluding carboxylic acids is 1. The number of aromatic hydroxyl groups is 2. The van der Waals surface area contributed by atoms with Gasteiger partial charge >= 0.3 is 0 Å². The molecular weight excluding hydrogens is 550 g/mol. The zero-order valence-electron chi connectivity index (χ0n) is 28.3. The summed E-state index contributed by atoms with van der Waals surface area (Å²) in [5.41, 5.74) is 4.48. The highest BCUT2D eigenvalue weighted by Crippen LogP contribution is 2.38. The number of hydrogen-bond acceptors (Lipinski definition) is 6. The van der Waals surface area contributed by atoms with Gasteiger partial charge in [0.2, 0.25) is 5.91 Å². The van der Waals surface area contributed by atoms with E-state index in [1.165, 1.54) is 5.56 Å². The van der Waals surface area contributed by atoms with E-state index in [9.17, 15) is 15.0 Å². The van der Waals surface area contributed by atoms with Crippen molar-refractivity contribution in [3.05, 3.63) is 57.6 Å². The molecule has 1 aliphatic carbocycles. The number of rotatable bonds is 8. The molecule has 3 N–H and O–H groups in total. The lowest BCUT2D eigenvalue weighted by Gasteiger charge is -2.28. The Kier molecular flexibility index (Phi) is 9.99. The minimum absolute atomic E-state index is 0.0291. The van der Waals surface area contributed by atoms with Gasteiger partial charge < -0.3 is 20.3 Å². The van der Waals surface area contributed by atoms with E-state index in [-0.39, 0.29) is 58.3 Å². The van der Waals surface area contributed by atoms with E-state index in [1.54, 1.807) is 6.21 Å². The Morgan fingerprint density at radius 2 is 1.32 bits per heavy atom. The smallest absolute Gasteiger partial charge is 0.224 e. The zero-order chi connectivity index (χ0) is 32.4. The van der Waals surface area contributed by atoms with E-state index in [0.717, 1.165) is 47.9 Å². The number of ether oxygens (including phenoxy) is 1. The highest BCUT2D eigenvalue weighted by atomic mass is 16.6. The van der Waals surface area contributed by atoms with Gasteiger partial charge in [-0.1, -0.05) is 87.3 Å². The average molecular weight is 604 g/mol. The van der Waals surface area contributed by atoms with E-state index in [1.807, 2.05) is 18.3 Å². The third-order valence-corrected chi connectivity index (χ3v) is 8.62. The van der Waals surface area contributed by atoms with Crippen molar-refractivity contribution in [3.63, 3.8) is 0 Å². The Morgan fingerprint density at radius 1 is 0.818 bits per heavy atom. The third-order valence-electron chi connectivity index (χ3n) is 8.62. The topological polar surface area (TPSA) is 107 Å². The van der Waals surface area contributed by atoms with Crippen molar-refractivity contribution in [2.45, 2.75) is 129 Å². The van der Waals surface area contributed by atoms with Crippen LogP contribution in [0, 0.1) is 0 Å². The molecule has 0 bridgehead atoms. The third kappa shape index (κ3) is 8.71. The molecular formula is C37H53N3O4. The molecule has 1 aliphatic heterocycles. The van der Waals surface area contributed by atoms with Gasteiger partial charge in [-0.25, -0.2) is 0 Å². The maximum absolute atomic E-state index is 12.6. The van der Waals surface area contributed by atoms with Crippen LogP contribution in [0.1, 0.15) is 121 Å². The Balaban J connectivity index is 1.61. The summed E-state index contributed by atoms with van der Waals surface area (Å²) < 4.78 is 5.20. The number of phenols is 2. The van der Waals surface area contributed by atoms with Crippen LogP contribution < -0.4 is 5.32 Å². The molecule has 1 saturated heterocycles. The van der Waals surface area contributed by atoms with E-state index in [0.29, 0.717) is 18.7 Å². The fraction of sp³-hybridized carbons (Fsp3) is 0.595. The molecule has 3 atom stereocenters. The number of epoxide rings is 1. The standard InChI is InChI=1S/C37H53N3O4/c1-35(2,3)26-17-25(34(43)29(18-26)37(7,8)9)20-39-31-13-11-10-12-30(31)38-19-24-14-23(15-28(33(24)42)36(4,5)6)16-32(41)40-21-27-22-44-27/h14-15,17-20,27,30-31,42-43H,10-13,16,21-22H2,1-9H3,(H,40,41)/t27?,30-,31-/m1/s1. The van der Waals surface area contributed by atoms with Crippen LogP contribution >= 0.6 is 0 Å². The van der Waals surface area contributed by atoms with Crippen molar-refractivity contribution in [1.29, 1.82) is 0 Å². The Hall–Kier alpha value is -3.19. The molecule has 0 aromatic heterocycles. The monoisotopic (exact) mass is 603 g/mol. The molecule has 1 amide bonds. The minimum Gasteiger partial charge on any atom is -0.507 e. The zero-order valence-corrected chi connectivity index (χ0v) is 28.3. The molecule has 0 radical (unpaired) electrons. The van der Waals surface area contributed by atoms with Gasteiger partial charge in [0.25, 0.3) is 0 Å². The number of hydrogen-bond donors (Lipinski definition) is 3. The molecule has 1 saturated carbocycles. The largest absolute Gasteiger partial charge is 0.507 e. The normalized spacial score (nSPS) is 21.2. The number of phenolic OH excluding ortho intramolecular Hbond substituents is 2. The summed E-state index contributed by atoms with van der Waals surface area (Å²) in [6, 6.07) is 7.90. The molecule has 44 heavy (non-hydrogen) atoms. The fourth-order valence-electron chi connectivity index (χ4n) is 5.70. The lowest BCUT2D eigenvalue weighted by Crippen LogP contribution is -2.29. The number of nitrogens with zero attached hydrogens (tertiary/aromatic N) is 2. The number of amides is 1. The summed E-state index contributed by atoms with van der Waals surface area (Å²) in [6.45, 7) is 20.3. The van der Waals surface area contributed by atoms with Crippen LogP contribution in [0.25, 0.3) is 0 Å². The lowest BCUT2D eigenvalue weighted by atomic mass is 9.79. The molecule has 2 aliphatic rings. The summed E-state index contributed by atoms with van der Waals surface area (Å²) in [5.74, 6) is 0.422. The van der Waals surface area contributed by atoms with Gasteiger partial charge in [-0.3, -0.25) is 14.8 Å². The molecule has 2 aromatic rings. The van der Waals surface area contributed by atoms with Crippen molar-refractivity contribution >= 4 is 18.3 Å². The second kappa shape index (κ2) is 13.0. The van der Waals surface area contributed by atoms with Gasteiger partial charge in [-0.05, 0) is 52.3 Å². The van der Waals surface area contributed by atoms with E-state index in [4.69, 9.17) is 14.7 Å². The predicted octanol–water partition coefficient (Wildman–Crippen LogP) is 6.90. The van der Waals surface area contributed by atoms with E-state index < -0.39 is 0 Å². The molecule has 7 nitrogen and oxygen atoms in total.